The SMILES string of the molecule is Cc1cc(CNC(=O)[C@H]2CCN(C(=O)OC(C)(C)C)C[C@H]2c2ccccc2)cc(C(F)(F)F)c1. The molecule has 1 heterocycles. The maximum absolute atomic E-state index is 13.2. The van der Waals surface area contributed by atoms with Crippen molar-refractivity contribution < 1.29 is 27.5 Å². The van der Waals surface area contributed by atoms with Crippen LogP contribution in [0.4, 0.5) is 18.0 Å². The Kier molecular flexibility index (Phi) is 7.58. The number of nitrogens with zero attached hydrogens (tertiary/aromatic N) is 1. The van der Waals surface area contributed by atoms with Crippen LogP contribution in [0.3, 0.4) is 0 Å². The molecule has 2 atom stereocenters. The van der Waals surface area contributed by atoms with Crippen LogP contribution in [0.25, 0.3) is 0 Å². The molecule has 8 heteroatoms. The van der Waals surface area contributed by atoms with E-state index >= 15 is 0 Å². The number of hydrogen-bond acceptors (Lipinski definition) is 3. The van der Waals surface area contributed by atoms with Crippen LogP contribution >= 0.6 is 0 Å². The van der Waals surface area contributed by atoms with Crippen molar-refractivity contribution in [3.8, 4) is 0 Å². The average molecular weight is 477 g/mol. The van der Waals surface area contributed by atoms with Gasteiger partial charge in [0.2, 0.25) is 5.91 Å². The highest BCUT2D eigenvalue weighted by molar-refractivity contribution is 5.80. The number of piperidine rings is 1. The number of likely N-dealkylation sites (tertiary alicyclic amines) is 1. The number of rotatable bonds is 4. The van der Waals surface area contributed by atoms with Crippen molar-refractivity contribution in [2.24, 2.45) is 5.92 Å². The van der Waals surface area contributed by atoms with Crippen molar-refractivity contribution in [1.29, 1.82) is 0 Å². The first-order valence-corrected chi connectivity index (χ1v) is 11.3. The second-order valence-electron chi connectivity index (χ2n) is 9.76. The Morgan fingerprint density at radius 3 is 2.38 bits per heavy atom. The van der Waals surface area contributed by atoms with Crippen LogP contribution in [0.5, 0.6) is 0 Å². The smallest absolute Gasteiger partial charge is 0.416 e. The Labute approximate surface area is 198 Å². The number of carbonyl (C=O) groups is 2. The monoisotopic (exact) mass is 476 g/mol. The molecule has 0 radical (unpaired) electrons. The van der Waals surface area contributed by atoms with Gasteiger partial charge in [-0.2, -0.15) is 13.2 Å². The number of nitrogens with one attached hydrogen (secondary N) is 1. The van der Waals surface area contributed by atoms with E-state index in [9.17, 15) is 22.8 Å². The van der Waals surface area contributed by atoms with Crippen LogP contribution in [-0.2, 0) is 22.3 Å². The average Bonchev–Trinajstić information content (AvgIpc) is 2.75. The van der Waals surface area contributed by atoms with Gasteiger partial charge in [0.15, 0.2) is 0 Å². The van der Waals surface area contributed by atoms with E-state index in [-0.39, 0.29) is 18.4 Å². The van der Waals surface area contributed by atoms with Gasteiger partial charge >= 0.3 is 12.3 Å². The van der Waals surface area contributed by atoms with Crippen LogP contribution < -0.4 is 5.32 Å². The third-order valence-electron chi connectivity index (χ3n) is 5.76. The zero-order chi connectivity index (χ0) is 25.1. The van der Waals surface area contributed by atoms with Crippen LogP contribution in [0.1, 0.15) is 55.4 Å². The van der Waals surface area contributed by atoms with Crippen LogP contribution in [0.15, 0.2) is 48.5 Å². The highest BCUT2D eigenvalue weighted by atomic mass is 19.4. The molecule has 1 N–H and O–H groups in total. The first-order valence-electron chi connectivity index (χ1n) is 11.3. The highest BCUT2D eigenvalue weighted by Gasteiger charge is 2.38. The van der Waals surface area contributed by atoms with Gasteiger partial charge in [0.05, 0.1) is 5.56 Å². The van der Waals surface area contributed by atoms with Gasteiger partial charge in [0, 0.05) is 31.5 Å². The van der Waals surface area contributed by atoms with Crippen LogP contribution in [-0.4, -0.2) is 35.6 Å². The Hall–Kier alpha value is -3.03. The predicted molar refractivity (Wildman–Crippen MR) is 123 cm³/mol. The summed E-state index contributed by atoms with van der Waals surface area (Å²) < 4.78 is 45.0. The largest absolute Gasteiger partial charge is 0.444 e. The number of benzene rings is 2. The molecule has 0 aliphatic carbocycles. The van der Waals surface area contributed by atoms with E-state index in [1.807, 2.05) is 30.3 Å². The molecule has 2 aromatic rings. The topological polar surface area (TPSA) is 58.6 Å². The Bertz CT molecular complexity index is 1020. The molecule has 5 nitrogen and oxygen atoms in total. The van der Waals surface area contributed by atoms with Crippen molar-refractivity contribution in [2.75, 3.05) is 13.1 Å². The summed E-state index contributed by atoms with van der Waals surface area (Å²) in [6, 6.07) is 13.2. The van der Waals surface area contributed by atoms with Gasteiger partial charge in [-0.1, -0.05) is 42.0 Å². The van der Waals surface area contributed by atoms with Crippen molar-refractivity contribution in [1.82, 2.24) is 10.2 Å². The van der Waals surface area contributed by atoms with Crippen LogP contribution in [0, 0.1) is 12.8 Å². The lowest BCUT2D eigenvalue weighted by Gasteiger charge is -2.38. The Morgan fingerprint density at radius 1 is 1.09 bits per heavy atom. The number of carbonyl (C=O) groups excluding carboxylic acids is 2. The standard InChI is InChI=1S/C26H31F3N2O3/c1-17-12-18(14-20(13-17)26(27,28)29)15-30-23(32)21-10-11-31(24(33)34-25(2,3)4)16-22(21)19-8-6-5-7-9-19/h5-9,12-14,21-22H,10-11,15-16H2,1-4H3,(H,30,32)/t21-,22-/m0/s1. The molecule has 1 saturated heterocycles. The number of ether oxygens (including phenoxy) is 1. The van der Waals surface area contributed by atoms with Gasteiger partial charge in [-0.3, -0.25) is 4.79 Å². The fourth-order valence-electron chi connectivity index (χ4n) is 4.24. The molecular weight excluding hydrogens is 445 g/mol. The van der Waals surface area contributed by atoms with Crippen LogP contribution in [0.2, 0.25) is 0 Å². The zero-order valence-corrected chi connectivity index (χ0v) is 19.9. The third kappa shape index (κ3) is 6.74. The molecule has 0 aromatic heterocycles. The minimum Gasteiger partial charge on any atom is -0.444 e. The first kappa shape index (κ1) is 25.6. The summed E-state index contributed by atoms with van der Waals surface area (Å²) >= 11 is 0. The number of aryl methyl sites for hydroxylation is 1. The van der Waals surface area contributed by atoms with E-state index in [1.54, 1.807) is 38.7 Å². The van der Waals surface area contributed by atoms with Crippen molar-refractivity contribution in [2.45, 2.75) is 58.4 Å². The van der Waals surface area contributed by atoms with E-state index in [0.29, 0.717) is 30.6 Å². The molecule has 3 rings (SSSR count). The number of amides is 2. The third-order valence-corrected chi connectivity index (χ3v) is 5.76. The molecule has 0 unspecified atom stereocenters. The summed E-state index contributed by atoms with van der Waals surface area (Å²) in [6.45, 7) is 7.67. The molecule has 0 saturated carbocycles. The van der Waals surface area contributed by atoms with Gasteiger partial charge in [0.25, 0.3) is 0 Å². The summed E-state index contributed by atoms with van der Waals surface area (Å²) in [5, 5.41) is 2.82. The van der Waals surface area contributed by atoms with E-state index in [0.717, 1.165) is 17.7 Å². The second-order valence-corrected chi connectivity index (χ2v) is 9.76. The van der Waals surface area contributed by atoms with Crippen molar-refractivity contribution in [3.63, 3.8) is 0 Å². The maximum Gasteiger partial charge on any atom is 0.416 e. The van der Waals surface area contributed by atoms with E-state index in [1.165, 1.54) is 0 Å². The summed E-state index contributed by atoms with van der Waals surface area (Å²) in [7, 11) is 0. The molecule has 1 aliphatic heterocycles. The minimum atomic E-state index is -4.45. The number of hydrogen-bond donors (Lipinski definition) is 1. The van der Waals surface area contributed by atoms with Crippen molar-refractivity contribution in [3.05, 3.63) is 70.8 Å². The van der Waals surface area contributed by atoms with Gasteiger partial charge in [0.1, 0.15) is 5.60 Å². The second kappa shape index (κ2) is 10.1. The molecule has 34 heavy (non-hydrogen) atoms. The van der Waals surface area contributed by atoms with E-state index in [4.69, 9.17) is 4.74 Å². The van der Waals surface area contributed by atoms with E-state index in [2.05, 4.69) is 5.32 Å². The molecular formula is C26H31F3N2O3. The lowest BCUT2D eigenvalue weighted by molar-refractivity contribution is -0.137. The molecule has 184 valence electrons. The quantitative estimate of drug-likeness (QED) is 0.619. The molecule has 2 amide bonds. The molecule has 0 spiro atoms. The highest BCUT2D eigenvalue weighted by Crippen LogP contribution is 2.34. The summed E-state index contributed by atoms with van der Waals surface area (Å²) in [6.07, 6.45) is -4.45. The summed E-state index contributed by atoms with van der Waals surface area (Å²) in [4.78, 5) is 27.4. The predicted octanol–water partition coefficient (Wildman–Crippen LogP) is 5.67. The lowest BCUT2D eigenvalue weighted by Crippen LogP contribution is -2.48. The summed E-state index contributed by atoms with van der Waals surface area (Å²) in [5.74, 6) is -0.925. The maximum atomic E-state index is 13.2. The van der Waals surface area contributed by atoms with Gasteiger partial charge in [-0.15, -0.1) is 0 Å². The lowest BCUT2D eigenvalue weighted by atomic mass is 9.80. The molecule has 2 aromatic carbocycles. The van der Waals surface area contributed by atoms with Gasteiger partial charge in [-0.05, 0) is 57.4 Å². The van der Waals surface area contributed by atoms with Gasteiger partial charge in [-0.25, -0.2) is 4.79 Å². The fraction of sp³-hybridized carbons (Fsp3) is 0.462. The zero-order valence-electron chi connectivity index (χ0n) is 19.9. The number of halogens is 3. The fourth-order valence-corrected chi connectivity index (χ4v) is 4.24. The Morgan fingerprint density at radius 2 is 1.76 bits per heavy atom. The minimum absolute atomic E-state index is 0.00260. The summed E-state index contributed by atoms with van der Waals surface area (Å²) in [5.41, 5.74) is 0.432. The van der Waals surface area contributed by atoms with Crippen molar-refractivity contribution >= 4 is 12.0 Å². The first-order chi connectivity index (χ1) is 15.8. The molecule has 0 bridgehead atoms. The van der Waals surface area contributed by atoms with Gasteiger partial charge < -0.3 is 15.0 Å². The normalized spacial score (nSPS) is 19.0. The van der Waals surface area contributed by atoms with E-state index < -0.39 is 29.4 Å². The molecule has 1 fully saturated rings. The Balaban J connectivity index is 1.75. The number of alkyl halides is 3. The molecule has 1 aliphatic rings.